The fraction of sp³-hybridized carbons (Fsp3) is 0.368. The topological polar surface area (TPSA) is 3.24 Å². The number of fused-ring (bicyclic) bond motifs is 1. The summed E-state index contributed by atoms with van der Waals surface area (Å²) in [7, 11) is 0. The minimum Gasteiger partial charge on any atom is -0.334 e. The first-order chi connectivity index (χ1) is 9.36. The van der Waals surface area contributed by atoms with Crippen molar-refractivity contribution in [3.8, 4) is 0 Å². The third-order valence-electron chi connectivity index (χ3n) is 4.20. The van der Waals surface area contributed by atoms with Gasteiger partial charge in [-0.1, -0.05) is 50.6 Å². The van der Waals surface area contributed by atoms with Crippen LogP contribution in [0.3, 0.4) is 0 Å². The summed E-state index contributed by atoms with van der Waals surface area (Å²) in [4.78, 5) is 2.43. The molecule has 104 valence electrons. The minimum absolute atomic E-state index is 0.212. The zero-order chi connectivity index (χ0) is 14.5. The van der Waals surface area contributed by atoms with Gasteiger partial charge in [-0.05, 0) is 48.6 Å². The second kappa shape index (κ2) is 4.37. The van der Waals surface area contributed by atoms with Gasteiger partial charge >= 0.3 is 0 Å². The molecule has 1 heteroatoms. The van der Waals surface area contributed by atoms with E-state index in [9.17, 15) is 0 Å². The molecule has 0 N–H and O–H groups in total. The molecule has 1 heterocycles. The highest BCUT2D eigenvalue weighted by molar-refractivity contribution is 5.66. The molecule has 0 saturated heterocycles. The van der Waals surface area contributed by atoms with Crippen molar-refractivity contribution >= 4 is 5.69 Å². The Bertz CT molecular complexity index is 621. The normalized spacial score (nSPS) is 21.6. The molecule has 0 fully saturated rings. The fourth-order valence-electron chi connectivity index (χ4n) is 3.11. The zero-order valence-electron chi connectivity index (χ0n) is 13.1. The highest BCUT2D eigenvalue weighted by atomic mass is 15.2. The first-order valence-corrected chi connectivity index (χ1v) is 7.34. The largest absolute Gasteiger partial charge is 0.334 e. The summed E-state index contributed by atoms with van der Waals surface area (Å²) in [6.07, 6.45) is 6.94. The Kier molecular flexibility index (Phi) is 2.89. The van der Waals surface area contributed by atoms with Crippen molar-refractivity contribution < 1.29 is 0 Å². The van der Waals surface area contributed by atoms with Crippen molar-refractivity contribution in [1.82, 2.24) is 0 Å². The summed E-state index contributed by atoms with van der Waals surface area (Å²) in [5.74, 6) is 0. The molecule has 0 amide bonds. The summed E-state index contributed by atoms with van der Waals surface area (Å²) in [5, 5.41) is 0. The smallest absolute Gasteiger partial charge is 0.0778 e. The lowest BCUT2D eigenvalue weighted by molar-refractivity contribution is 0.590. The molecule has 1 unspecified atom stereocenters. The van der Waals surface area contributed by atoms with Crippen molar-refractivity contribution in [3.05, 3.63) is 64.9 Å². The molecule has 0 aromatic heterocycles. The highest BCUT2D eigenvalue weighted by Crippen LogP contribution is 2.37. The van der Waals surface area contributed by atoms with Crippen LogP contribution in [0.15, 0.2) is 59.3 Å². The van der Waals surface area contributed by atoms with Gasteiger partial charge in [0.1, 0.15) is 0 Å². The molecule has 1 nitrogen and oxygen atoms in total. The van der Waals surface area contributed by atoms with Crippen molar-refractivity contribution in [3.63, 3.8) is 0 Å². The average molecular weight is 265 g/mol. The number of anilines is 1. The molecular weight excluding hydrogens is 242 g/mol. The van der Waals surface area contributed by atoms with Crippen LogP contribution in [0.5, 0.6) is 0 Å². The lowest BCUT2D eigenvalue weighted by atomic mass is 9.87. The van der Waals surface area contributed by atoms with E-state index in [4.69, 9.17) is 0 Å². The summed E-state index contributed by atoms with van der Waals surface area (Å²) in [6.45, 7) is 11.1. The Morgan fingerprint density at radius 1 is 0.950 bits per heavy atom. The summed E-state index contributed by atoms with van der Waals surface area (Å²) in [5.41, 5.74) is 6.99. The quantitative estimate of drug-likeness (QED) is 0.693. The van der Waals surface area contributed by atoms with E-state index in [1.165, 1.54) is 28.1 Å². The van der Waals surface area contributed by atoms with Gasteiger partial charge in [0.25, 0.3) is 0 Å². The first kappa shape index (κ1) is 13.2. The molecule has 20 heavy (non-hydrogen) atoms. The molecule has 0 radical (unpaired) electrons. The Hall–Kier alpha value is -1.76. The maximum atomic E-state index is 2.43. The van der Waals surface area contributed by atoms with Gasteiger partial charge in [0, 0.05) is 11.4 Å². The predicted molar refractivity (Wildman–Crippen MR) is 87.0 cm³/mol. The van der Waals surface area contributed by atoms with Crippen LogP contribution in [-0.2, 0) is 5.41 Å². The number of allylic oxidation sites excluding steroid dienone is 3. The average Bonchev–Trinajstić information content (AvgIpc) is 2.82. The molecule has 1 atom stereocenters. The summed E-state index contributed by atoms with van der Waals surface area (Å²) < 4.78 is 0. The Morgan fingerprint density at radius 3 is 2.20 bits per heavy atom. The van der Waals surface area contributed by atoms with E-state index in [1.807, 2.05) is 0 Å². The van der Waals surface area contributed by atoms with E-state index < -0.39 is 0 Å². The van der Waals surface area contributed by atoms with Gasteiger partial charge in [0.05, 0.1) is 6.04 Å². The maximum Gasteiger partial charge on any atom is 0.0778 e. The molecule has 0 spiro atoms. The van der Waals surface area contributed by atoms with E-state index in [-0.39, 0.29) is 5.41 Å². The molecule has 1 aliphatic heterocycles. The van der Waals surface area contributed by atoms with Crippen molar-refractivity contribution in [2.75, 3.05) is 4.90 Å². The Balaban J connectivity index is 1.94. The van der Waals surface area contributed by atoms with E-state index in [1.54, 1.807) is 0 Å². The number of benzene rings is 1. The third kappa shape index (κ3) is 2.11. The molecular formula is C19H23N. The molecule has 1 aromatic carbocycles. The second-order valence-electron chi connectivity index (χ2n) is 6.95. The minimum atomic E-state index is 0.212. The van der Waals surface area contributed by atoms with Crippen molar-refractivity contribution in [2.45, 2.75) is 46.1 Å². The molecule has 1 aromatic rings. The van der Waals surface area contributed by atoms with E-state index in [2.05, 4.69) is 82.0 Å². The van der Waals surface area contributed by atoms with Crippen molar-refractivity contribution in [2.24, 2.45) is 0 Å². The zero-order valence-corrected chi connectivity index (χ0v) is 13.1. The second-order valence-corrected chi connectivity index (χ2v) is 6.95. The van der Waals surface area contributed by atoms with Crippen LogP contribution < -0.4 is 4.90 Å². The Morgan fingerprint density at radius 2 is 1.60 bits per heavy atom. The molecule has 0 saturated carbocycles. The number of nitrogens with zero attached hydrogens (tertiary/aromatic N) is 1. The highest BCUT2D eigenvalue weighted by Gasteiger charge is 2.30. The van der Waals surface area contributed by atoms with Gasteiger partial charge < -0.3 is 4.90 Å². The number of hydrogen-bond donors (Lipinski definition) is 0. The maximum absolute atomic E-state index is 2.43. The van der Waals surface area contributed by atoms with Crippen LogP contribution in [0.2, 0.25) is 0 Å². The van der Waals surface area contributed by atoms with E-state index >= 15 is 0 Å². The van der Waals surface area contributed by atoms with E-state index in [0.29, 0.717) is 6.04 Å². The molecule has 3 rings (SSSR count). The first-order valence-electron chi connectivity index (χ1n) is 7.34. The molecule has 0 bridgehead atoms. The Labute approximate surface area is 122 Å². The van der Waals surface area contributed by atoms with Gasteiger partial charge in [-0.15, -0.1) is 0 Å². The van der Waals surface area contributed by atoms with Crippen LogP contribution >= 0.6 is 0 Å². The molecule has 1 aliphatic carbocycles. The van der Waals surface area contributed by atoms with Crippen LogP contribution in [0.4, 0.5) is 5.69 Å². The van der Waals surface area contributed by atoms with Gasteiger partial charge in [0.2, 0.25) is 0 Å². The van der Waals surface area contributed by atoms with Crippen LogP contribution in [0, 0.1) is 0 Å². The molecule has 2 aliphatic rings. The van der Waals surface area contributed by atoms with Crippen LogP contribution in [0.25, 0.3) is 0 Å². The lowest BCUT2D eigenvalue weighted by Crippen LogP contribution is -2.27. The van der Waals surface area contributed by atoms with Crippen molar-refractivity contribution in [1.29, 1.82) is 0 Å². The van der Waals surface area contributed by atoms with E-state index in [0.717, 1.165) is 0 Å². The van der Waals surface area contributed by atoms with Crippen LogP contribution in [0.1, 0.15) is 40.2 Å². The number of rotatable bonds is 1. The van der Waals surface area contributed by atoms with Gasteiger partial charge in [0.15, 0.2) is 0 Å². The standard InChI is InChI=1S/C19H23N/c1-13-10-15-12-14(2)20(18(15)11-13)17-8-6-16(7-9-17)19(3,4)5/h6-12,18H,1-5H3. The van der Waals surface area contributed by atoms with Crippen LogP contribution in [-0.4, -0.2) is 6.04 Å². The fourth-order valence-corrected chi connectivity index (χ4v) is 3.11. The van der Waals surface area contributed by atoms with Gasteiger partial charge in [-0.3, -0.25) is 0 Å². The third-order valence-corrected chi connectivity index (χ3v) is 4.20. The van der Waals surface area contributed by atoms with Gasteiger partial charge in [-0.25, -0.2) is 0 Å². The lowest BCUT2D eigenvalue weighted by Gasteiger charge is -2.27. The summed E-state index contributed by atoms with van der Waals surface area (Å²) in [6, 6.07) is 9.42. The predicted octanol–water partition coefficient (Wildman–Crippen LogP) is 4.96. The summed E-state index contributed by atoms with van der Waals surface area (Å²) >= 11 is 0. The number of hydrogen-bond acceptors (Lipinski definition) is 1. The van der Waals surface area contributed by atoms with Gasteiger partial charge in [-0.2, -0.15) is 0 Å². The SMILES string of the molecule is CC1=CC2C(=C1)C=C(C)N2c1ccc(C(C)(C)C)cc1. The monoisotopic (exact) mass is 265 g/mol.